The van der Waals surface area contributed by atoms with Crippen molar-refractivity contribution in [2.24, 2.45) is 11.8 Å². The molecule has 0 spiro atoms. The zero-order chi connectivity index (χ0) is 22.3. The molecule has 2 nitrogen and oxygen atoms in total. The van der Waals surface area contributed by atoms with Crippen molar-refractivity contribution in [3.05, 3.63) is 83.3 Å². The van der Waals surface area contributed by atoms with E-state index in [1.54, 1.807) is 0 Å². The second-order valence-electron chi connectivity index (χ2n) is 8.77. The Bertz CT molecular complexity index is 1110. The Kier molecular flexibility index (Phi) is 7.70. The Labute approximate surface area is 194 Å². The molecule has 1 unspecified atom stereocenters. The van der Waals surface area contributed by atoms with Crippen LogP contribution in [0.3, 0.4) is 0 Å². The number of carbonyl (C=O) groups is 1. The van der Waals surface area contributed by atoms with E-state index >= 15 is 0 Å². The lowest BCUT2D eigenvalue weighted by Crippen LogP contribution is -2.29. The van der Waals surface area contributed by atoms with Crippen LogP contribution in [0, 0.1) is 11.8 Å². The van der Waals surface area contributed by atoms with Crippen LogP contribution < -0.4 is 0 Å². The maximum absolute atomic E-state index is 14.2. The van der Waals surface area contributed by atoms with Crippen LogP contribution in [0.5, 0.6) is 0 Å². The predicted molar refractivity (Wildman–Crippen MR) is 135 cm³/mol. The lowest BCUT2D eigenvalue weighted by atomic mass is 9.76. The molecule has 32 heavy (non-hydrogen) atoms. The van der Waals surface area contributed by atoms with Gasteiger partial charge >= 0.3 is 0 Å². The van der Waals surface area contributed by atoms with Crippen molar-refractivity contribution in [2.45, 2.75) is 56.8 Å². The van der Waals surface area contributed by atoms with Gasteiger partial charge in [-0.3, -0.25) is 4.79 Å². The van der Waals surface area contributed by atoms with Gasteiger partial charge in [0.25, 0.3) is 0 Å². The lowest BCUT2D eigenvalue weighted by Gasteiger charge is -2.31. The Balaban J connectivity index is 1.84. The molecule has 3 heteroatoms. The predicted octanol–water partition coefficient (Wildman–Crippen LogP) is 7.55. The minimum Gasteiger partial charge on any atom is -0.299 e. The molecule has 1 aliphatic carbocycles. The van der Waals surface area contributed by atoms with Crippen LogP contribution in [0.1, 0.15) is 57.4 Å². The molecule has 166 valence electrons. The average molecular weight is 445 g/mol. The first-order valence-corrected chi connectivity index (χ1v) is 13.0. The molecule has 0 aromatic heterocycles. The van der Waals surface area contributed by atoms with E-state index in [4.69, 9.17) is 0 Å². The number of hydrogen-bond acceptors (Lipinski definition) is 2. The van der Waals surface area contributed by atoms with Gasteiger partial charge in [-0.1, -0.05) is 92.9 Å². The summed E-state index contributed by atoms with van der Waals surface area (Å²) >= 11 is 0. The molecule has 1 aliphatic rings. The quantitative estimate of drug-likeness (QED) is 0.359. The lowest BCUT2D eigenvalue weighted by molar-refractivity contribution is -0.125. The standard InChI is InChI=1S/C29H32O2S/c1-2-3-16-26(25-18-9-10-19-27(25)30)29(21-22-12-5-4-6-13-22)32(31)28-20-11-15-23-14-7-8-17-24(23)28/h4-8,11-15,17,20-21,25-26H,2-3,9-10,16,18-19H2,1H3/b29-21-/t25-,26+,32?/m0/s1. The highest BCUT2D eigenvalue weighted by Crippen LogP contribution is 2.39. The third-order valence-electron chi connectivity index (χ3n) is 6.59. The molecule has 0 aliphatic heterocycles. The Morgan fingerprint density at radius 2 is 1.75 bits per heavy atom. The highest BCUT2D eigenvalue weighted by atomic mass is 32.2. The van der Waals surface area contributed by atoms with Crippen LogP contribution in [0.15, 0.2) is 82.6 Å². The molecular formula is C29H32O2S. The van der Waals surface area contributed by atoms with Crippen molar-refractivity contribution in [2.75, 3.05) is 0 Å². The monoisotopic (exact) mass is 444 g/mol. The van der Waals surface area contributed by atoms with Crippen molar-refractivity contribution in [3.8, 4) is 0 Å². The molecule has 0 bridgehead atoms. The molecule has 1 fully saturated rings. The fourth-order valence-corrected chi connectivity index (χ4v) is 6.54. The number of rotatable bonds is 8. The van der Waals surface area contributed by atoms with Crippen molar-refractivity contribution >= 4 is 33.4 Å². The largest absolute Gasteiger partial charge is 0.299 e. The molecule has 0 heterocycles. The SMILES string of the molecule is CCCC[C@@H](/C(=C/c1ccccc1)S(=O)c1cccc2ccccc12)[C@@H]1CCCCC1=O. The summed E-state index contributed by atoms with van der Waals surface area (Å²) in [5.74, 6) is 0.346. The summed E-state index contributed by atoms with van der Waals surface area (Å²) in [5, 5.41) is 2.12. The van der Waals surface area contributed by atoms with E-state index in [1.807, 2.05) is 42.5 Å². The molecule has 3 atom stereocenters. The Morgan fingerprint density at radius 1 is 1.00 bits per heavy atom. The van der Waals surface area contributed by atoms with Gasteiger partial charge in [0.05, 0.1) is 15.7 Å². The summed E-state index contributed by atoms with van der Waals surface area (Å²) in [6, 6.07) is 24.3. The zero-order valence-corrected chi connectivity index (χ0v) is 19.7. The first-order chi connectivity index (χ1) is 15.7. The summed E-state index contributed by atoms with van der Waals surface area (Å²) in [7, 11) is -1.34. The number of benzene rings is 3. The zero-order valence-electron chi connectivity index (χ0n) is 18.8. The Hall–Kier alpha value is -2.52. The van der Waals surface area contributed by atoms with Gasteiger partial charge in [-0.2, -0.15) is 0 Å². The molecule has 4 rings (SSSR count). The van der Waals surface area contributed by atoms with Gasteiger partial charge in [0.15, 0.2) is 0 Å². The smallest absolute Gasteiger partial charge is 0.136 e. The topological polar surface area (TPSA) is 34.1 Å². The normalized spacial score (nSPS) is 19.1. The van der Waals surface area contributed by atoms with Gasteiger partial charge in [-0.05, 0) is 47.7 Å². The second kappa shape index (κ2) is 10.9. The van der Waals surface area contributed by atoms with Crippen molar-refractivity contribution < 1.29 is 9.00 Å². The van der Waals surface area contributed by atoms with E-state index in [-0.39, 0.29) is 11.8 Å². The van der Waals surface area contributed by atoms with Crippen molar-refractivity contribution in [1.29, 1.82) is 0 Å². The summed E-state index contributed by atoms with van der Waals surface area (Å²) in [5.41, 5.74) is 1.04. The highest BCUT2D eigenvalue weighted by Gasteiger charge is 2.34. The molecule has 3 aromatic rings. The van der Waals surface area contributed by atoms with Gasteiger partial charge < -0.3 is 0 Å². The van der Waals surface area contributed by atoms with E-state index < -0.39 is 10.8 Å². The average Bonchev–Trinajstić information content (AvgIpc) is 2.84. The maximum atomic E-state index is 14.2. The number of carbonyl (C=O) groups excluding carboxylic acids is 1. The summed E-state index contributed by atoms with van der Waals surface area (Å²) in [6.07, 6.45) is 8.74. The number of ketones is 1. The van der Waals surface area contributed by atoms with Crippen LogP contribution in [0.4, 0.5) is 0 Å². The van der Waals surface area contributed by atoms with E-state index in [2.05, 4.69) is 43.3 Å². The van der Waals surface area contributed by atoms with Gasteiger partial charge in [-0.15, -0.1) is 0 Å². The fraction of sp³-hybridized carbons (Fsp3) is 0.345. The molecular weight excluding hydrogens is 412 g/mol. The van der Waals surface area contributed by atoms with Crippen LogP contribution in [0.25, 0.3) is 16.8 Å². The molecule has 0 radical (unpaired) electrons. The van der Waals surface area contributed by atoms with Gasteiger partial charge in [0, 0.05) is 23.2 Å². The number of fused-ring (bicyclic) bond motifs is 1. The number of hydrogen-bond donors (Lipinski definition) is 0. The highest BCUT2D eigenvalue weighted by molar-refractivity contribution is 7.89. The summed E-state index contributed by atoms with van der Waals surface area (Å²) < 4.78 is 14.2. The molecule has 3 aromatic carbocycles. The first kappa shape index (κ1) is 22.7. The van der Waals surface area contributed by atoms with Crippen LogP contribution >= 0.6 is 0 Å². The van der Waals surface area contributed by atoms with E-state index in [0.717, 1.165) is 64.7 Å². The van der Waals surface area contributed by atoms with Crippen LogP contribution in [0.2, 0.25) is 0 Å². The maximum Gasteiger partial charge on any atom is 0.136 e. The molecule has 0 amide bonds. The van der Waals surface area contributed by atoms with E-state index in [1.165, 1.54) is 0 Å². The minimum atomic E-state index is -1.34. The summed E-state index contributed by atoms with van der Waals surface area (Å²) in [4.78, 5) is 14.7. The number of allylic oxidation sites excluding steroid dienone is 1. The van der Waals surface area contributed by atoms with Gasteiger partial charge in [0.1, 0.15) is 5.78 Å². The summed E-state index contributed by atoms with van der Waals surface area (Å²) in [6.45, 7) is 2.18. The number of unbranched alkanes of at least 4 members (excludes halogenated alkanes) is 1. The van der Waals surface area contributed by atoms with Gasteiger partial charge in [-0.25, -0.2) is 4.21 Å². The van der Waals surface area contributed by atoms with E-state index in [9.17, 15) is 9.00 Å². The third kappa shape index (κ3) is 5.10. The molecule has 0 N–H and O–H groups in total. The number of Topliss-reactive ketones (excluding diaryl/α,β-unsaturated/α-hetero) is 1. The third-order valence-corrected chi connectivity index (χ3v) is 8.20. The van der Waals surface area contributed by atoms with Crippen LogP contribution in [-0.4, -0.2) is 9.99 Å². The first-order valence-electron chi connectivity index (χ1n) is 11.9. The van der Waals surface area contributed by atoms with Crippen molar-refractivity contribution in [1.82, 2.24) is 0 Å². The van der Waals surface area contributed by atoms with E-state index in [0.29, 0.717) is 12.2 Å². The second-order valence-corrected chi connectivity index (χ2v) is 10.2. The fourth-order valence-electron chi connectivity index (χ4n) is 4.90. The molecule has 0 saturated heterocycles. The van der Waals surface area contributed by atoms with Crippen molar-refractivity contribution in [3.63, 3.8) is 0 Å². The van der Waals surface area contributed by atoms with Gasteiger partial charge in [0.2, 0.25) is 0 Å². The Morgan fingerprint density at radius 3 is 2.53 bits per heavy atom. The minimum absolute atomic E-state index is 0.0164. The van der Waals surface area contributed by atoms with Crippen LogP contribution in [-0.2, 0) is 15.6 Å². The molecule has 1 saturated carbocycles.